The second-order valence-electron chi connectivity index (χ2n) is 6.14. The van der Waals surface area contributed by atoms with Crippen LogP contribution in [-0.2, 0) is 6.18 Å². The average molecular weight is 323 g/mol. The maximum Gasteiger partial charge on any atom is 0.417 e. The third-order valence-electron chi connectivity index (χ3n) is 4.30. The molecule has 124 valence electrons. The topological polar surface area (TPSA) is 19.4 Å². The number of hydrogen-bond acceptors (Lipinski definition) is 3. The molecule has 1 saturated heterocycles. The molecular formula is C17H20F3N3. The molecule has 6 heteroatoms. The number of aromatic nitrogens is 1. The maximum atomic E-state index is 13.5. The molecule has 0 amide bonds. The van der Waals surface area contributed by atoms with Crippen LogP contribution >= 0.6 is 0 Å². The fraction of sp³-hybridized carbons (Fsp3) is 0.471. The van der Waals surface area contributed by atoms with E-state index in [1.807, 2.05) is 4.90 Å². The zero-order valence-corrected chi connectivity index (χ0v) is 13.3. The van der Waals surface area contributed by atoms with Gasteiger partial charge in [0.2, 0.25) is 0 Å². The van der Waals surface area contributed by atoms with Gasteiger partial charge in [0.05, 0.1) is 17.4 Å². The molecule has 2 heterocycles. The highest BCUT2D eigenvalue weighted by Crippen LogP contribution is 2.41. The maximum absolute atomic E-state index is 13.5. The molecule has 2 aromatic rings. The number of nitrogens with zero attached hydrogens (tertiary/aromatic N) is 3. The second kappa shape index (κ2) is 5.91. The van der Waals surface area contributed by atoms with Gasteiger partial charge in [-0.1, -0.05) is 12.1 Å². The van der Waals surface area contributed by atoms with Crippen LogP contribution in [-0.4, -0.2) is 32.2 Å². The molecule has 0 atom stereocenters. The minimum Gasteiger partial charge on any atom is -0.370 e. The van der Waals surface area contributed by atoms with Gasteiger partial charge in [0, 0.05) is 38.0 Å². The van der Waals surface area contributed by atoms with Crippen LogP contribution in [0.3, 0.4) is 0 Å². The molecule has 1 fully saturated rings. The molecule has 1 aromatic carbocycles. The van der Waals surface area contributed by atoms with Crippen LogP contribution < -0.4 is 9.80 Å². The van der Waals surface area contributed by atoms with E-state index in [0.29, 0.717) is 16.9 Å². The molecule has 0 bridgehead atoms. The Morgan fingerprint density at radius 2 is 1.78 bits per heavy atom. The molecule has 0 radical (unpaired) electrons. The van der Waals surface area contributed by atoms with Crippen molar-refractivity contribution in [2.24, 2.45) is 0 Å². The summed E-state index contributed by atoms with van der Waals surface area (Å²) in [7, 11) is 3.59. The molecule has 0 saturated carbocycles. The van der Waals surface area contributed by atoms with Crippen molar-refractivity contribution in [2.75, 3.05) is 37.0 Å². The van der Waals surface area contributed by atoms with E-state index in [2.05, 4.69) is 4.98 Å². The third kappa shape index (κ3) is 2.94. The Morgan fingerprint density at radius 3 is 2.39 bits per heavy atom. The highest BCUT2D eigenvalue weighted by molar-refractivity contribution is 6.03. The quantitative estimate of drug-likeness (QED) is 0.821. The van der Waals surface area contributed by atoms with Gasteiger partial charge in [0.1, 0.15) is 5.82 Å². The predicted molar refractivity (Wildman–Crippen MR) is 87.1 cm³/mol. The van der Waals surface area contributed by atoms with Crippen molar-refractivity contribution in [1.82, 2.24) is 4.98 Å². The van der Waals surface area contributed by atoms with Crippen molar-refractivity contribution in [3.63, 3.8) is 0 Å². The summed E-state index contributed by atoms with van der Waals surface area (Å²) < 4.78 is 40.6. The zero-order valence-electron chi connectivity index (χ0n) is 13.3. The van der Waals surface area contributed by atoms with Crippen molar-refractivity contribution < 1.29 is 13.2 Å². The Kier molecular flexibility index (Phi) is 4.08. The van der Waals surface area contributed by atoms with Gasteiger partial charge in [-0.2, -0.15) is 13.2 Å². The summed E-state index contributed by atoms with van der Waals surface area (Å²) in [5, 5.41) is 0.813. The van der Waals surface area contributed by atoms with Crippen LogP contribution in [0.4, 0.5) is 24.7 Å². The monoisotopic (exact) mass is 323 g/mol. The first kappa shape index (κ1) is 15.9. The Labute approximate surface area is 133 Å². The molecular weight excluding hydrogens is 303 g/mol. The highest BCUT2D eigenvalue weighted by Gasteiger charge is 2.34. The Bertz CT molecular complexity index is 704. The van der Waals surface area contributed by atoms with Gasteiger partial charge < -0.3 is 9.80 Å². The summed E-state index contributed by atoms with van der Waals surface area (Å²) >= 11 is 0. The molecule has 1 aliphatic heterocycles. The normalized spacial score (nSPS) is 16.0. The van der Waals surface area contributed by atoms with Gasteiger partial charge in [-0.15, -0.1) is 0 Å². The predicted octanol–water partition coefficient (Wildman–Crippen LogP) is 4.31. The number of alkyl halides is 3. The van der Waals surface area contributed by atoms with Crippen molar-refractivity contribution in [3.05, 3.63) is 30.0 Å². The Hall–Kier alpha value is -1.98. The molecule has 1 aromatic heterocycles. The first-order valence-electron chi connectivity index (χ1n) is 7.81. The summed E-state index contributed by atoms with van der Waals surface area (Å²) in [5.41, 5.74) is 0.0132. The van der Waals surface area contributed by atoms with Crippen LogP contribution in [0.25, 0.3) is 10.8 Å². The molecule has 23 heavy (non-hydrogen) atoms. The van der Waals surface area contributed by atoms with Gasteiger partial charge >= 0.3 is 6.18 Å². The lowest BCUT2D eigenvalue weighted by Crippen LogP contribution is -2.30. The van der Waals surface area contributed by atoms with E-state index in [9.17, 15) is 13.2 Å². The van der Waals surface area contributed by atoms with Crippen molar-refractivity contribution in [2.45, 2.75) is 25.4 Å². The first-order chi connectivity index (χ1) is 10.9. The Balaban J connectivity index is 2.29. The number of anilines is 2. The first-order valence-corrected chi connectivity index (χ1v) is 7.81. The van der Waals surface area contributed by atoms with E-state index in [0.717, 1.165) is 38.4 Å². The molecule has 0 unspecified atom stereocenters. The van der Waals surface area contributed by atoms with Crippen LogP contribution in [0.1, 0.15) is 24.8 Å². The average Bonchev–Trinajstić information content (AvgIpc) is 2.53. The molecule has 1 aliphatic rings. The summed E-state index contributed by atoms with van der Waals surface area (Å²) in [4.78, 5) is 8.21. The summed E-state index contributed by atoms with van der Waals surface area (Å²) in [6, 6.07) is 4.34. The number of rotatable bonds is 2. The molecule has 3 nitrogen and oxygen atoms in total. The summed E-state index contributed by atoms with van der Waals surface area (Å²) in [6.07, 6.45) is 0.354. The van der Waals surface area contributed by atoms with E-state index in [-0.39, 0.29) is 5.39 Å². The van der Waals surface area contributed by atoms with E-state index in [4.69, 9.17) is 0 Å². The van der Waals surface area contributed by atoms with Crippen LogP contribution in [0.5, 0.6) is 0 Å². The van der Waals surface area contributed by atoms with E-state index in [1.165, 1.54) is 6.07 Å². The van der Waals surface area contributed by atoms with Crippen LogP contribution in [0.15, 0.2) is 24.4 Å². The van der Waals surface area contributed by atoms with Crippen molar-refractivity contribution in [3.8, 4) is 0 Å². The lowest BCUT2D eigenvalue weighted by atomic mass is 10.0. The SMILES string of the molecule is CN(C)c1ncc(N2CCCCC2)c2c(C(F)(F)F)cccc12. The smallest absolute Gasteiger partial charge is 0.370 e. The fourth-order valence-corrected chi connectivity index (χ4v) is 3.24. The summed E-state index contributed by atoms with van der Waals surface area (Å²) in [5.74, 6) is 0.562. The van der Waals surface area contributed by atoms with Gasteiger partial charge in [0.25, 0.3) is 0 Å². The lowest BCUT2D eigenvalue weighted by Gasteiger charge is -2.31. The molecule has 0 spiro atoms. The largest absolute Gasteiger partial charge is 0.417 e. The van der Waals surface area contributed by atoms with Crippen LogP contribution in [0.2, 0.25) is 0 Å². The minimum absolute atomic E-state index is 0.264. The number of fused-ring (bicyclic) bond motifs is 1. The Morgan fingerprint density at radius 1 is 1.09 bits per heavy atom. The lowest BCUT2D eigenvalue weighted by molar-refractivity contribution is -0.136. The number of halogens is 3. The van der Waals surface area contributed by atoms with Gasteiger partial charge in [-0.05, 0) is 25.3 Å². The number of hydrogen-bond donors (Lipinski definition) is 0. The number of pyridine rings is 1. The highest BCUT2D eigenvalue weighted by atomic mass is 19.4. The standard InChI is InChI=1S/C17H20F3N3/c1-22(2)16-12-7-6-8-13(17(18,19)20)15(12)14(11-21-16)23-9-4-3-5-10-23/h6-8,11H,3-5,9-10H2,1-2H3. The van der Waals surface area contributed by atoms with E-state index < -0.39 is 11.7 Å². The fourth-order valence-electron chi connectivity index (χ4n) is 3.24. The second-order valence-corrected chi connectivity index (χ2v) is 6.14. The summed E-state index contributed by atoms with van der Waals surface area (Å²) in [6.45, 7) is 1.56. The van der Waals surface area contributed by atoms with E-state index in [1.54, 1.807) is 31.3 Å². The number of piperidine rings is 1. The zero-order chi connectivity index (χ0) is 16.6. The van der Waals surface area contributed by atoms with E-state index >= 15 is 0 Å². The van der Waals surface area contributed by atoms with Gasteiger partial charge in [-0.3, -0.25) is 0 Å². The van der Waals surface area contributed by atoms with Crippen molar-refractivity contribution in [1.29, 1.82) is 0 Å². The van der Waals surface area contributed by atoms with Gasteiger partial charge in [-0.25, -0.2) is 4.98 Å². The third-order valence-corrected chi connectivity index (χ3v) is 4.30. The molecule has 3 rings (SSSR count). The van der Waals surface area contributed by atoms with Crippen molar-refractivity contribution >= 4 is 22.3 Å². The number of benzene rings is 1. The molecule has 0 aliphatic carbocycles. The molecule has 0 N–H and O–H groups in total. The van der Waals surface area contributed by atoms with Gasteiger partial charge in [0.15, 0.2) is 0 Å². The van der Waals surface area contributed by atoms with Crippen LogP contribution in [0, 0.1) is 0 Å². The minimum atomic E-state index is -4.38.